The molecule has 0 aliphatic heterocycles. The van der Waals surface area contributed by atoms with Gasteiger partial charge in [-0.3, -0.25) is 4.79 Å². The van der Waals surface area contributed by atoms with E-state index in [2.05, 4.69) is 26.4 Å². The maximum atomic E-state index is 13.4. The quantitative estimate of drug-likeness (QED) is 0.342. The highest BCUT2D eigenvalue weighted by atomic mass is 79.9. The number of rotatable bonds is 4. The number of amidine groups is 1. The van der Waals surface area contributed by atoms with Gasteiger partial charge in [0.25, 0.3) is 5.91 Å². The normalized spacial score (nSPS) is 14.8. The van der Waals surface area contributed by atoms with Gasteiger partial charge in [-0.25, -0.2) is 4.39 Å². The first-order valence-corrected chi connectivity index (χ1v) is 6.39. The Bertz CT molecular complexity index is 522. The summed E-state index contributed by atoms with van der Waals surface area (Å²) in [6, 6.07) is 4.03. The van der Waals surface area contributed by atoms with E-state index in [-0.39, 0.29) is 15.9 Å². The molecule has 0 spiro atoms. The van der Waals surface area contributed by atoms with Crippen molar-refractivity contribution in [2.24, 2.45) is 10.9 Å². The van der Waals surface area contributed by atoms with E-state index >= 15 is 0 Å². The molecule has 5 nitrogen and oxygen atoms in total. The van der Waals surface area contributed by atoms with Crippen molar-refractivity contribution in [1.82, 2.24) is 5.32 Å². The molecule has 7 heteroatoms. The summed E-state index contributed by atoms with van der Waals surface area (Å²) in [5, 5.41) is 14.2. The molecular weight excluding hydrogens is 317 g/mol. The first-order valence-electron chi connectivity index (χ1n) is 5.59. The number of carbonyl (C=O) groups is 1. The molecule has 1 amide bonds. The summed E-state index contributed by atoms with van der Waals surface area (Å²) in [5.41, 5.74) is 4.71. The van der Waals surface area contributed by atoms with Crippen LogP contribution in [-0.4, -0.2) is 22.5 Å². The van der Waals surface area contributed by atoms with Crippen LogP contribution in [-0.2, 0) is 0 Å². The summed E-state index contributed by atoms with van der Waals surface area (Å²) in [5.74, 6) is -1.14. The van der Waals surface area contributed by atoms with Gasteiger partial charge in [0.1, 0.15) is 5.82 Å². The van der Waals surface area contributed by atoms with Crippen LogP contribution in [0.25, 0.3) is 0 Å². The molecule has 0 saturated carbocycles. The number of hydrogen-bond donors (Lipinski definition) is 3. The number of halogens is 2. The van der Waals surface area contributed by atoms with Crippen molar-refractivity contribution in [1.29, 1.82) is 0 Å². The Labute approximate surface area is 118 Å². The largest absolute Gasteiger partial charge is 0.409 e. The molecule has 0 fully saturated rings. The van der Waals surface area contributed by atoms with Crippen LogP contribution >= 0.6 is 15.9 Å². The average Bonchev–Trinajstić information content (AvgIpc) is 2.40. The first kappa shape index (κ1) is 15.4. The van der Waals surface area contributed by atoms with Crippen LogP contribution in [0.15, 0.2) is 27.8 Å². The third-order valence-electron chi connectivity index (χ3n) is 2.95. The summed E-state index contributed by atoms with van der Waals surface area (Å²) < 4.78 is 13.6. The van der Waals surface area contributed by atoms with Crippen LogP contribution in [0.2, 0.25) is 0 Å². The third kappa shape index (κ3) is 3.44. The highest BCUT2D eigenvalue weighted by molar-refractivity contribution is 9.10. The molecule has 0 heterocycles. The maximum absolute atomic E-state index is 13.4. The second-order valence-corrected chi connectivity index (χ2v) is 5.11. The van der Waals surface area contributed by atoms with Crippen LogP contribution in [0.5, 0.6) is 0 Å². The number of oxime groups is 1. The van der Waals surface area contributed by atoms with Crippen molar-refractivity contribution in [2.75, 3.05) is 0 Å². The molecule has 1 unspecified atom stereocenters. The lowest BCUT2D eigenvalue weighted by Gasteiger charge is -2.28. The van der Waals surface area contributed by atoms with Gasteiger partial charge >= 0.3 is 0 Å². The SMILES string of the molecule is CCC(C)(NC(=O)c1ccc(Br)c(F)c1)C(N)=NO. The van der Waals surface area contributed by atoms with E-state index in [0.29, 0.717) is 6.42 Å². The summed E-state index contributed by atoms with van der Waals surface area (Å²) in [6.45, 7) is 3.40. The lowest BCUT2D eigenvalue weighted by atomic mass is 9.97. The zero-order chi connectivity index (χ0) is 14.6. The van der Waals surface area contributed by atoms with E-state index in [1.807, 2.05) is 0 Å². The third-order valence-corrected chi connectivity index (χ3v) is 3.59. The number of amides is 1. The molecule has 1 rings (SSSR count). The van der Waals surface area contributed by atoms with Crippen LogP contribution in [0, 0.1) is 5.82 Å². The maximum Gasteiger partial charge on any atom is 0.252 e. The Morgan fingerprint density at radius 3 is 2.74 bits per heavy atom. The predicted molar refractivity (Wildman–Crippen MR) is 73.7 cm³/mol. The van der Waals surface area contributed by atoms with Gasteiger partial charge in [0.2, 0.25) is 0 Å². The van der Waals surface area contributed by atoms with Crippen molar-refractivity contribution >= 4 is 27.7 Å². The van der Waals surface area contributed by atoms with Crippen LogP contribution in [0.1, 0.15) is 30.6 Å². The van der Waals surface area contributed by atoms with E-state index in [4.69, 9.17) is 10.9 Å². The Kier molecular flexibility index (Phi) is 4.88. The van der Waals surface area contributed by atoms with Crippen LogP contribution in [0.3, 0.4) is 0 Å². The minimum Gasteiger partial charge on any atom is -0.409 e. The van der Waals surface area contributed by atoms with Gasteiger partial charge in [-0.15, -0.1) is 0 Å². The Hall–Kier alpha value is -1.63. The van der Waals surface area contributed by atoms with Gasteiger partial charge in [-0.2, -0.15) is 0 Å². The topological polar surface area (TPSA) is 87.7 Å². The minimum absolute atomic E-state index is 0.110. The molecule has 0 aliphatic rings. The Balaban J connectivity index is 2.98. The number of carbonyl (C=O) groups excluding carboxylic acids is 1. The van der Waals surface area contributed by atoms with E-state index < -0.39 is 17.3 Å². The Morgan fingerprint density at radius 1 is 1.63 bits per heavy atom. The Morgan fingerprint density at radius 2 is 2.26 bits per heavy atom. The summed E-state index contributed by atoms with van der Waals surface area (Å²) in [6.07, 6.45) is 0.424. The van der Waals surface area contributed by atoms with Gasteiger partial charge < -0.3 is 16.3 Å². The number of hydrogen-bond acceptors (Lipinski definition) is 3. The smallest absolute Gasteiger partial charge is 0.252 e. The molecule has 0 aromatic heterocycles. The lowest BCUT2D eigenvalue weighted by Crippen LogP contribution is -2.55. The van der Waals surface area contributed by atoms with Crippen molar-refractivity contribution in [3.05, 3.63) is 34.1 Å². The van der Waals surface area contributed by atoms with Crippen molar-refractivity contribution in [3.8, 4) is 0 Å². The number of benzene rings is 1. The molecule has 0 bridgehead atoms. The fourth-order valence-corrected chi connectivity index (χ4v) is 1.65. The molecule has 104 valence electrons. The standard InChI is InChI=1S/C12H15BrFN3O2/c1-3-12(2,11(15)17-19)16-10(18)7-4-5-8(13)9(14)6-7/h4-6,19H,3H2,1-2H3,(H2,15,17)(H,16,18). The molecule has 0 aliphatic carbocycles. The zero-order valence-corrected chi connectivity index (χ0v) is 12.2. The number of nitrogens with two attached hydrogens (primary N) is 1. The molecular formula is C12H15BrFN3O2. The molecule has 19 heavy (non-hydrogen) atoms. The van der Waals surface area contributed by atoms with Gasteiger partial charge in [-0.05, 0) is 47.5 Å². The molecule has 1 aromatic carbocycles. The van der Waals surface area contributed by atoms with Gasteiger partial charge in [0.15, 0.2) is 5.84 Å². The molecule has 1 atom stereocenters. The first-order chi connectivity index (χ1) is 8.84. The van der Waals surface area contributed by atoms with Crippen molar-refractivity contribution < 1.29 is 14.4 Å². The van der Waals surface area contributed by atoms with Crippen LogP contribution < -0.4 is 11.1 Å². The van der Waals surface area contributed by atoms with Crippen molar-refractivity contribution in [3.63, 3.8) is 0 Å². The second-order valence-electron chi connectivity index (χ2n) is 4.25. The highest BCUT2D eigenvalue weighted by Gasteiger charge is 2.30. The summed E-state index contributed by atoms with van der Waals surface area (Å²) in [4.78, 5) is 12.0. The van der Waals surface area contributed by atoms with Gasteiger partial charge in [-0.1, -0.05) is 12.1 Å². The molecule has 1 aromatic rings. The molecule has 0 saturated heterocycles. The van der Waals surface area contributed by atoms with Crippen LogP contribution in [0.4, 0.5) is 4.39 Å². The monoisotopic (exact) mass is 331 g/mol. The van der Waals surface area contributed by atoms with Gasteiger partial charge in [0, 0.05) is 5.56 Å². The van der Waals surface area contributed by atoms with E-state index in [9.17, 15) is 9.18 Å². The molecule has 0 radical (unpaired) electrons. The van der Waals surface area contributed by atoms with Gasteiger partial charge in [0.05, 0.1) is 10.0 Å². The van der Waals surface area contributed by atoms with Crippen molar-refractivity contribution in [2.45, 2.75) is 25.8 Å². The lowest BCUT2D eigenvalue weighted by molar-refractivity contribution is 0.0924. The fraction of sp³-hybridized carbons (Fsp3) is 0.333. The number of nitrogens with one attached hydrogen (secondary N) is 1. The highest BCUT2D eigenvalue weighted by Crippen LogP contribution is 2.17. The summed E-state index contributed by atoms with van der Waals surface area (Å²) in [7, 11) is 0. The minimum atomic E-state index is -0.991. The van der Waals surface area contributed by atoms with E-state index in [1.54, 1.807) is 13.8 Å². The summed E-state index contributed by atoms with van der Waals surface area (Å²) >= 11 is 3.01. The fourth-order valence-electron chi connectivity index (χ4n) is 1.40. The predicted octanol–water partition coefficient (Wildman–Crippen LogP) is 2.23. The zero-order valence-electron chi connectivity index (χ0n) is 10.6. The molecule has 4 N–H and O–H groups in total. The number of nitrogens with zero attached hydrogens (tertiary/aromatic N) is 1. The van der Waals surface area contributed by atoms with E-state index in [1.165, 1.54) is 12.1 Å². The average molecular weight is 332 g/mol. The second kappa shape index (κ2) is 6.01. The van der Waals surface area contributed by atoms with E-state index in [0.717, 1.165) is 6.07 Å².